The Balaban J connectivity index is 2.42. The maximum Gasteiger partial charge on any atom is 0.257 e. The summed E-state index contributed by atoms with van der Waals surface area (Å²) in [5.74, 6) is 1.10. The Labute approximate surface area is 115 Å². The summed E-state index contributed by atoms with van der Waals surface area (Å²) in [6.07, 6.45) is 4.85. The zero-order valence-electron chi connectivity index (χ0n) is 12.0. The number of benzene rings is 1. The topological polar surface area (TPSA) is 38.3 Å². The Morgan fingerprint density at radius 1 is 1.37 bits per heavy atom. The summed E-state index contributed by atoms with van der Waals surface area (Å²) >= 11 is 0. The number of carbonyl (C=O) groups excluding carboxylic acids is 1. The maximum absolute atomic E-state index is 11.6. The molecular weight excluding hydrogens is 238 g/mol. The first-order chi connectivity index (χ1) is 9.15. The van der Waals surface area contributed by atoms with Gasteiger partial charge in [0.05, 0.1) is 0 Å². The second kappa shape index (κ2) is 8.35. The van der Waals surface area contributed by atoms with Crippen molar-refractivity contribution in [2.75, 3.05) is 13.2 Å². The van der Waals surface area contributed by atoms with Gasteiger partial charge in [-0.1, -0.05) is 44.2 Å². The quantitative estimate of drug-likeness (QED) is 0.604. The van der Waals surface area contributed by atoms with Crippen molar-refractivity contribution in [3.05, 3.63) is 42.0 Å². The fourth-order valence-electron chi connectivity index (χ4n) is 1.74. The van der Waals surface area contributed by atoms with Crippen LogP contribution in [0.2, 0.25) is 0 Å². The van der Waals surface area contributed by atoms with E-state index in [9.17, 15) is 4.79 Å². The van der Waals surface area contributed by atoms with Crippen molar-refractivity contribution in [2.24, 2.45) is 0 Å². The van der Waals surface area contributed by atoms with E-state index in [4.69, 9.17) is 4.74 Å². The summed E-state index contributed by atoms with van der Waals surface area (Å²) in [7, 11) is 0. The molecule has 0 saturated carbocycles. The molecule has 1 aromatic rings. The van der Waals surface area contributed by atoms with E-state index in [-0.39, 0.29) is 12.5 Å². The van der Waals surface area contributed by atoms with Crippen molar-refractivity contribution in [3.63, 3.8) is 0 Å². The minimum Gasteiger partial charge on any atom is -0.483 e. The van der Waals surface area contributed by atoms with Crippen LogP contribution in [0.15, 0.2) is 36.4 Å². The third kappa shape index (κ3) is 5.60. The third-order valence-corrected chi connectivity index (χ3v) is 2.77. The number of ether oxygens (including phenoxy) is 1. The third-order valence-electron chi connectivity index (χ3n) is 2.77. The van der Waals surface area contributed by atoms with E-state index in [0.29, 0.717) is 12.5 Å². The first-order valence-electron chi connectivity index (χ1n) is 6.74. The highest BCUT2D eigenvalue weighted by Crippen LogP contribution is 2.25. The molecule has 1 rings (SSSR count). The predicted octanol–water partition coefficient (Wildman–Crippen LogP) is 3.27. The lowest BCUT2D eigenvalue weighted by Gasteiger charge is -2.13. The van der Waals surface area contributed by atoms with Crippen LogP contribution in [-0.4, -0.2) is 19.1 Å². The van der Waals surface area contributed by atoms with Crippen LogP contribution in [0.1, 0.15) is 38.7 Å². The summed E-state index contributed by atoms with van der Waals surface area (Å²) in [6, 6.07) is 7.84. The minimum atomic E-state index is -0.0805. The molecule has 3 heteroatoms. The highest BCUT2D eigenvalue weighted by Gasteiger charge is 2.08. The molecule has 1 amide bonds. The van der Waals surface area contributed by atoms with Gasteiger partial charge in [-0.25, -0.2) is 0 Å². The zero-order chi connectivity index (χ0) is 14.1. The molecule has 3 nitrogen and oxygen atoms in total. The van der Waals surface area contributed by atoms with E-state index in [1.807, 2.05) is 43.3 Å². The Morgan fingerprint density at radius 2 is 2.11 bits per heavy atom. The highest BCUT2D eigenvalue weighted by molar-refractivity contribution is 5.77. The van der Waals surface area contributed by atoms with Gasteiger partial charge in [-0.05, 0) is 30.9 Å². The molecule has 0 bridgehead atoms. The molecular formula is C16H23NO2. The van der Waals surface area contributed by atoms with Crippen LogP contribution in [0, 0.1) is 0 Å². The van der Waals surface area contributed by atoms with E-state index in [1.54, 1.807) is 0 Å². The van der Waals surface area contributed by atoms with Gasteiger partial charge in [-0.2, -0.15) is 0 Å². The molecule has 0 atom stereocenters. The number of rotatable bonds is 7. The Hall–Kier alpha value is -1.77. The molecule has 0 heterocycles. The molecule has 0 aliphatic carbocycles. The van der Waals surface area contributed by atoms with Gasteiger partial charge in [0, 0.05) is 6.54 Å². The zero-order valence-corrected chi connectivity index (χ0v) is 12.0. The van der Waals surface area contributed by atoms with Gasteiger partial charge < -0.3 is 10.1 Å². The summed E-state index contributed by atoms with van der Waals surface area (Å²) < 4.78 is 5.59. The molecule has 1 N–H and O–H groups in total. The SMILES string of the molecule is C/C=C/CCNC(=O)COc1ccccc1C(C)C. The Bertz CT molecular complexity index is 425. The van der Waals surface area contributed by atoms with E-state index in [1.165, 1.54) is 0 Å². The molecule has 0 aromatic heterocycles. The van der Waals surface area contributed by atoms with Gasteiger partial charge >= 0.3 is 0 Å². The standard InChI is InChI=1S/C16H23NO2/c1-4-5-8-11-17-16(18)12-19-15-10-7-6-9-14(15)13(2)3/h4-7,9-10,13H,8,11-12H2,1-3H3,(H,17,18)/b5-4+. The normalized spacial score (nSPS) is 10.9. The van der Waals surface area contributed by atoms with E-state index in [2.05, 4.69) is 19.2 Å². The number of para-hydroxylation sites is 1. The number of hydrogen-bond acceptors (Lipinski definition) is 2. The van der Waals surface area contributed by atoms with Crippen LogP contribution < -0.4 is 10.1 Å². The van der Waals surface area contributed by atoms with Crippen molar-refractivity contribution in [2.45, 2.75) is 33.1 Å². The molecule has 0 fully saturated rings. The Morgan fingerprint density at radius 3 is 2.79 bits per heavy atom. The van der Waals surface area contributed by atoms with E-state index in [0.717, 1.165) is 17.7 Å². The second-order valence-electron chi connectivity index (χ2n) is 4.69. The highest BCUT2D eigenvalue weighted by atomic mass is 16.5. The number of nitrogens with one attached hydrogen (secondary N) is 1. The van der Waals surface area contributed by atoms with E-state index < -0.39 is 0 Å². The van der Waals surface area contributed by atoms with Crippen LogP contribution in [0.25, 0.3) is 0 Å². The monoisotopic (exact) mass is 261 g/mol. The summed E-state index contributed by atoms with van der Waals surface area (Å²) in [5.41, 5.74) is 1.13. The van der Waals surface area contributed by atoms with Gasteiger partial charge in [0.25, 0.3) is 5.91 Å². The number of carbonyl (C=O) groups is 1. The van der Waals surface area contributed by atoms with Crippen molar-refractivity contribution >= 4 is 5.91 Å². The van der Waals surface area contributed by atoms with Crippen molar-refractivity contribution in [3.8, 4) is 5.75 Å². The van der Waals surface area contributed by atoms with Crippen molar-refractivity contribution in [1.29, 1.82) is 0 Å². The van der Waals surface area contributed by atoms with Gasteiger partial charge in [0.15, 0.2) is 6.61 Å². The lowest BCUT2D eigenvalue weighted by atomic mass is 10.0. The van der Waals surface area contributed by atoms with Gasteiger partial charge in [-0.15, -0.1) is 0 Å². The summed E-state index contributed by atoms with van der Waals surface area (Å²) in [5, 5.41) is 2.82. The summed E-state index contributed by atoms with van der Waals surface area (Å²) in [6.45, 7) is 6.91. The molecule has 0 saturated heterocycles. The van der Waals surface area contributed by atoms with Crippen molar-refractivity contribution < 1.29 is 9.53 Å². The lowest BCUT2D eigenvalue weighted by Crippen LogP contribution is -2.29. The first kappa shape index (κ1) is 15.3. The molecule has 0 unspecified atom stereocenters. The van der Waals surface area contributed by atoms with Crippen LogP contribution in [-0.2, 0) is 4.79 Å². The average molecular weight is 261 g/mol. The number of hydrogen-bond donors (Lipinski definition) is 1. The molecule has 1 aromatic carbocycles. The predicted molar refractivity (Wildman–Crippen MR) is 78.5 cm³/mol. The van der Waals surface area contributed by atoms with Crippen LogP contribution in [0.4, 0.5) is 0 Å². The maximum atomic E-state index is 11.6. The fourth-order valence-corrected chi connectivity index (χ4v) is 1.74. The van der Waals surface area contributed by atoms with Gasteiger partial charge in [-0.3, -0.25) is 4.79 Å². The van der Waals surface area contributed by atoms with Crippen LogP contribution >= 0.6 is 0 Å². The molecule has 0 aliphatic heterocycles. The first-order valence-corrected chi connectivity index (χ1v) is 6.74. The smallest absolute Gasteiger partial charge is 0.257 e. The molecule has 104 valence electrons. The average Bonchev–Trinajstić information content (AvgIpc) is 2.41. The van der Waals surface area contributed by atoms with Crippen molar-refractivity contribution in [1.82, 2.24) is 5.32 Å². The van der Waals surface area contributed by atoms with E-state index >= 15 is 0 Å². The molecule has 0 aliphatic rings. The van der Waals surface area contributed by atoms with Gasteiger partial charge in [0.2, 0.25) is 0 Å². The molecule has 0 radical (unpaired) electrons. The second-order valence-corrected chi connectivity index (χ2v) is 4.69. The molecule has 19 heavy (non-hydrogen) atoms. The largest absolute Gasteiger partial charge is 0.483 e. The number of amides is 1. The fraction of sp³-hybridized carbons (Fsp3) is 0.438. The van der Waals surface area contributed by atoms with Crippen LogP contribution in [0.5, 0.6) is 5.75 Å². The molecule has 0 spiro atoms. The van der Waals surface area contributed by atoms with Crippen LogP contribution in [0.3, 0.4) is 0 Å². The summed E-state index contributed by atoms with van der Waals surface area (Å²) in [4.78, 5) is 11.6. The minimum absolute atomic E-state index is 0.0690. The number of allylic oxidation sites excluding steroid dienone is 1. The lowest BCUT2D eigenvalue weighted by molar-refractivity contribution is -0.123. The van der Waals surface area contributed by atoms with Gasteiger partial charge in [0.1, 0.15) is 5.75 Å². The Kier molecular flexibility index (Phi) is 6.72.